The number of anilines is 1. The Kier molecular flexibility index (Phi) is 4.10. The largest absolute Gasteiger partial charge is 0.312 e. The molecule has 0 bridgehead atoms. The number of hydrogen-bond acceptors (Lipinski definition) is 4. The molecule has 0 amide bonds. The summed E-state index contributed by atoms with van der Waals surface area (Å²) in [6.45, 7) is 0. The number of aromatic amines is 1. The number of alkyl halides is 2. The molecule has 1 aromatic heterocycles. The van der Waals surface area contributed by atoms with E-state index < -0.39 is 32.7 Å². The lowest BCUT2D eigenvalue weighted by molar-refractivity contribution is 0.151. The molecule has 2 aromatic carbocycles. The Morgan fingerprint density at radius 1 is 1.12 bits per heavy atom. The van der Waals surface area contributed by atoms with Crippen molar-refractivity contribution >= 4 is 37.3 Å². The summed E-state index contributed by atoms with van der Waals surface area (Å²) in [5.41, 5.74) is -0.125. The fourth-order valence-corrected chi connectivity index (χ4v) is 3.97. The number of rotatable bonds is 4. The molecule has 0 aliphatic heterocycles. The fraction of sp³-hybridized carbons (Fsp3) is 0.0714. The smallest absolute Gasteiger partial charge is 0.305 e. The highest BCUT2D eigenvalue weighted by atomic mass is 32.2. The molecule has 0 saturated carbocycles. The molecular weight excluding hydrogens is 365 g/mol. The van der Waals surface area contributed by atoms with Gasteiger partial charge in [0, 0.05) is 5.56 Å². The van der Waals surface area contributed by atoms with Crippen LogP contribution in [0.4, 0.5) is 18.9 Å². The van der Waals surface area contributed by atoms with Gasteiger partial charge in [-0.25, -0.2) is 21.6 Å². The lowest BCUT2D eigenvalue weighted by Gasteiger charge is -2.10. The van der Waals surface area contributed by atoms with Crippen molar-refractivity contribution in [1.82, 2.24) is 4.98 Å². The van der Waals surface area contributed by atoms with Gasteiger partial charge in [0.15, 0.2) is 0 Å². The number of H-pyrrole nitrogens is 1. The number of benzene rings is 2. The zero-order valence-electron chi connectivity index (χ0n) is 11.7. The number of sulfonamides is 1. The molecule has 0 spiro atoms. The molecule has 0 aliphatic rings. The van der Waals surface area contributed by atoms with E-state index >= 15 is 0 Å². The second kappa shape index (κ2) is 5.95. The van der Waals surface area contributed by atoms with Crippen LogP contribution in [-0.4, -0.2) is 13.4 Å². The third-order valence-electron chi connectivity index (χ3n) is 3.17. The zero-order chi connectivity index (χ0) is 17.5. The van der Waals surface area contributed by atoms with Crippen LogP contribution < -0.4 is 9.60 Å². The minimum Gasteiger partial charge on any atom is -0.312 e. The number of thiazole rings is 1. The quantitative estimate of drug-likeness (QED) is 0.734. The highest BCUT2D eigenvalue weighted by Crippen LogP contribution is 2.26. The number of nitrogens with one attached hydrogen (secondary N) is 2. The molecule has 0 radical (unpaired) electrons. The Balaban J connectivity index is 2.00. The van der Waals surface area contributed by atoms with E-state index in [9.17, 15) is 26.4 Å². The third-order valence-corrected chi connectivity index (χ3v) is 5.43. The number of hydrogen-bond donors (Lipinski definition) is 2. The maximum Gasteiger partial charge on any atom is 0.305 e. The topological polar surface area (TPSA) is 79.0 Å². The van der Waals surface area contributed by atoms with E-state index in [4.69, 9.17) is 0 Å². The first-order valence-corrected chi connectivity index (χ1v) is 8.79. The van der Waals surface area contributed by atoms with Gasteiger partial charge in [0.1, 0.15) is 10.7 Å². The molecule has 0 saturated heterocycles. The van der Waals surface area contributed by atoms with Crippen LogP contribution in [0.1, 0.15) is 12.0 Å². The first-order chi connectivity index (χ1) is 11.3. The Morgan fingerprint density at radius 3 is 2.58 bits per heavy atom. The molecular formula is C14H9F3N2O3S2. The van der Waals surface area contributed by atoms with E-state index in [0.29, 0.717) is 22.3 Å². The van der Waals surface area contributed by atoms with Crippen LogP contribution in [0.3, 0.4) is 0 Å². The lowest BCUT2D eigenvalue weighted by atomic mass is 10.2. The SMILES string of the molecule is O=c1[nH]c2cc(NS(=O)(=O)c3cc(C(F)F)ccc3F)ccc2s1. The minimum absolute atomic E-state index is 0.0680. The highest BCUT2D eigenvalue weighted by Gasteiger charge is 2.22. The summed E-state index contributed by atoms with van der Waals surface area (Å²) in [6, 6.07) is 6.35. The maximum atomic E-state index is 13.8. The molecule has 10 heteroatoms. The third kappa shape index (κ3) is 3.15. The van der Waals surface area contributed by atoms with Crippen LogP contribution in [0.2, 0.25) is 0 Å². The van der Waals surface area contributed by atoms with Crippen LogP contribution in [0.15, 0.2) is 46.1 Å². The summed E-state index contributed by atoms with van der Waals surface area (Å²) in [5.74, 6) is -1.14. The van der Waals surface area contributed by atoms with Crippen molar-refractivity contribution in [3.8, 4) is 0 Å². The van der Waals surface area contributed by atoms with Crippen LogP contribution in [-0.2, 0) is 10.0 Å². The second-order valence-corrected chi connectivity index (χ2v) is 7.49. The van der Waals surface area contributed by atoms with Gasteiger partial charge < -0.3 is 4.98 Å². The molecule has 126 valence electrons. The van der Waals surface area contributed by atoms with E-state index in [0.717, 1.165) is 17.4 Å². The van der Waals surface area contributed by atoms with Gasteiger partial charge in [-0.3, -0.25) is 9.52 Å². The van der Waals surface area contributed by atoms with Crippen molar-refractivity contribution in [3.63, 3.8) is 0 Å². The zero-order valence-corrected chi connectivity index (χ0v) is 13.3. The Bertz CT molecular complexity index is 1070. The summed E-state index contributed by atoms with van der Waals surface area (Å²) < 4.78 is 66.5. The van der Waals surface area contributed by atoms with Crippen molar-refractivity contribution < 1.29 is 21.6 Å². The Hall–Kier alpha value is -2.33. The summed E-state index contributed by atoms with van der Waals surface area (Å²) in [7, 11) is -4.41. The Labute approximate surface area is 137 Å². The normalized spacial score (nSPS) is 12.0. The van der Waals surface area contributed by atoms with Crippen LogP contribution in [0.25, 0.3) is 10.2 Å². The van der Waals surface area contributed by atoms with Gasteiger partial charge in [-0.2, -0.15) is 0 Å². The summed E-state index contributed by atoms with van der Waals surface area (Å²) in [4.78, 5) is 12.6. The minimum atomic E-state index is -4.41. The van der Waals surface area contributed by atoms with Crippen LogP contribution in [0.5, 0.6) is 0 Å². The molecule has 3 rings (SSSR count). The molecule has 3 aromatic rings. The van der Waals surface area contributed by atoms with E-state index in [-0.39, 0.29) is 10.6 Å². The summed E-state index contributed by atoms with van der Waals surface area (Å²) in [6.07, 6.45) is -2.92. The van der Waals surface area contributed by atoms with E-state index in [1.54, 1.807) is 0 Å². The average molecular weight is 374 g/mol. The number of fused-ring (bicyclic) bond motifs is 1. The van der Waals surface area contributed by atoms with E-state index in [1.165, 1.54) is 18.2 Å². The molecule has 2 N–H and O–H groups in total. The van der Waals surface area contributed by atoms with Crippen molar-refractivity contribution in [2.75, 3.05) is 4.72 Å². The predicted octanol–water partition coefficient (Wildman–Crippen LogP) is 3.47. The van der Waals surface area contributed by atoms with Crippen LogP contribution in [0, 0.1) is 5.82 Å². The van der Waals surface area contributed by atoms with E-state index in [1.807, 2.05) is 0 Å². The number of aromatic nitrogens is 1. The molecule has 0 atom stereocenters. The lowest BCUT2D eigenvalue weighted by Crippen LogP contribution is -2.15. The monoisotopic (exact) mass is 374 g/mol. The summed E-state index contributed by atoms with van der Waals surface area (Å²) in [5, 5.41) is 0. The molecule has 0 aliphatic carbocycles. The van der Waals surface area contributed by atoms with Gasteiger partial charge >= 0.3 is 4.87 Å². The average Bonchev–Trinajstić information content (AvgIpc) is 2.86. The highest BCUT2D eigenvalue weighted by molar-refractivity contribution is 7.92. The van der Waals surface area contributed by atoms with Gasteiger partial charge in [-0.05, 0) is 30.3 Å². The first-order valence-electron chi connectivity index (χ1n) is 6.49. The van der Waals surface area contributed by atoms with Gasteiger partial charge in [0.2, 0.25) is 0 Å². The van der Waals surface area contributed by atoms with Crippen molar-refractivity contribution in [2.24, 2.45) is 0 Å². The predicted molar refractivity (Wildman–Crippen MR) is 84.6 cm³/mol. The fourth-order valence-electron chi connectivity index (χ4n) is 2.09. The molecule has 1 heterocycles. The first kappa shape index (κ1) is 16.5. The van der Waals surface area contributed by atoms with Gasteiger partial charge in [-0.1, -0.05) is 17.4 Å². The van der Waals surface area contributed by atoms with Crippen LogP contribution >= 0.6 is 11.3 Å². The summed E-state index contributed by atoms with van der Waals surface area (Å²) >= 11 is 0.951. The molecule has 5 nitrogen and oxygen atoms in total. The van der Waals surface area contributed by atoms with Crippen molar-refractivity contribution in [3.05, 3.63) is 57.4 Å². The van der Waals surface area contributed by atoms with Gasteiger partial charge in [0.05, 0.1) is 15.9 Å². The van der Waals surface area contributed by atoms with Gasteiger partial charge in [-0.15, -0.1) is 0 Å². The molecule has 24 heavy (non-hydrogen) atoms. The maximum absolute atomic E-state index is 13.8. The Morgan fingerprint density at radius 2 is 1.88 bits per heavy atom. The van der Waals surface area contributed by atoms with Crippen molar-refractivity contribution in [1.29, 1.82) is 0 Å². The molecule has 0 unspecified atom stereocenters. The van der Waals surface area contributed by atoms with Gasteiger partial charge in [0.25, 0.3) is 16.4 Å². The van der Waals surface area contributed by atoms with E-state index in [2.05, 4.69) is 9.71 Å². The molecule has 0 fully saturated rings. The standard InChI is InChI=1S/C14H9F3N2O3S2/c15-9-3-1-7(13(16)17)5-12(9)24(21,22)19-8-2-4-11-10(6-8)18-14(20)23-11/h1-6,13,19H,(H,18,20). The van der Waals surface area contributed by atoms with Crippen molar-refractivity contribution in [2.45, 2.75) is 11.3 Å². The number of halogens is 3. The second-order valence-electron chi connectivity index (χ2n) is 4.82.